The fraction of sp³-hybridized carbons (Fsp3) is 0.231. The Labute approximate surface area is 85.0 Å². The molecular formula is C13H14N. The van der Waals surface area contributed by atoms with E-state index in [0.717, 1.165) is 0 Å². The van der Waals surface area contributed by atoms with Crippen LogP contribution in [0.15, 0.2) is 30.3 Å². The Hall–Kier alpha value is -1.50. The molecule has 2 aromatic rings. The van der Waals surface area contributed by atoms with E-state index in [1.807, 2.05) is 17.7 Å². The highest BCUT2D eigenvalue weighted by Crippen LogP contribution is 2.23. The van der Waals surface area contributed by atoms with E-state index in [0.29, 0.717) is 0 Å². The average Bonchev–Trinajstić information content (AvgIpc) is 2.52. The Bertz CT molecular complexity index is 452. The number of aromatic nitrogens is 1. The summed E-state index contributed by atoms with van der Waals surface area (Å²) in [6, 6.07) is 10.6. The second-order valence-corrected chi connectivity index (χ2v) is 3.73. The van der Waals surface area contributed by atoms with E-state index in [1.54, 1.807) is 0 Å². The molecule has 0 N–H and O–H groups in total. The van der Waals surface area contributed by atoms with Crippen LogP contribution in [0, 0.1) is 20.0 Å². The van der Waals surface area contributed by atoms with Crippen molar-refractivity contribution in [3.8, 4) is 11.3 Å². The van der Waals surface area contributed by atoms with Gasteiger partial charge in [-0.2, -0.15) is 0 Å². The average molecular weight is 184 g/mol. The molecular weight excluding hydrogens is 170 g/mol. The molecule has 0 fully saturated rings. The first-order valence-electron chi connectivity index (χ1n) is 4.79. The van der Waals surface area contributed by atoms with Crippen molar-refractivity contribution >= 4 is 0 Å². The largest absolute Gasteiger partial charge is 0.342 e. The van der Waals surface area contributed by atoms with Gasteiger partial charge in [0.1, 0.15) is 0 Å². The van der Waals surface area contributed by atoms with Crippen LogP contribution in [0.5, 0.6) is 0 Å². The molecule has 1 heterocycles. The summed E-state index contributed by atoms with van der Waals surface area (Å²) in [5, 5.41) is 0. The van der Waals surface area contributed by atoms with Crippen LogP contribution < -0.4 is 0 Å². The first kappa shape index (κ1) is 9.07. The Morgan fingerprint density at radius 3 is 2.50 bits per heavy atom. The molecule has 1 radical (unpaired) electrons. The maximum Gasteiger partial charge on any atom is 0.0650 e. The van der Waals surface area contributed by atoms with Crippen molar-refractivity contribution in [3.63, 3.8) is 0 Å². The quantitative estimate of drug-likeness (QED) is 0.641. The summed E-state index contributed by atoms with van der Waals surface area (Å²) >= 11 is 0. The van der Waals surface area contributed by atoms with Crippen LogP contribution in [-0.2, 0) is 7.05 Å². The number of benzene rings is 1. The third-order valence-corrected chi connectivity index (χ3v) is 2.53. The Kier molecular flexibility index (Phi) is 2.16. The Balaban J connectivity index is 2.58. The number of nitrogens with zero attached hydrogens (tertiary/aromatic N) is 1. The van der Waals surface area contributed by atoms with Crippen LogP contribution in [-0.4, -0.2) is 4.57 Å². The highest BCUT2D eigenvalue weighted by molar-refractivity contribution is 5.64. The molecule has 0 saturated heterocycles. The van der Waals surface area contributed by atoms with Gasteiger partial charge < -0.3 is 4.57 Å². The van der Waals surface area contributed by atoms with Gasteiger partial charge in [0, 0.05) is 18.3 Å². The molecule has 14 heavy (non-hydrogen) atoms. The molecule has 0 spiro atoms. The van der Waals surface area contributed by atoms with Crippen molar-refractivity contribution < 1.29 is 0 Å². The highest BCUT2D eigenvalue weighted by Gasteiger charge is 2.04. The van der Waals surface area contributed by atoms with Crippen molar-refractivity contribution in [2.75, 3.05) is 0 Å². The van der Waals surface area contributed by atoms with Crippen molar-refractivity contribution in [3.05, 3.63) is 47.7 Å². The number of aryl methyl sites for hydroxylation is 3. The number of hydrogen-bond acceptors (Lipinski definition) is 0. The normalized spacial score (nSPS) is 10.5. The zero-order chi connectivity index (χ0) is 10.1. The fourth-order valence-electron chi connectivity index (χ4n) is 1.78. The van der Waals surface area contributed by atoms with Gasteiger partial charge in [0.2, 0.25) is 0 Å². The smallest absolute Gasteiger partial charge is 0.0650 e. The highest BCUT2D eigenvalue weighted by atomic mass is 14.9. The van der Waals surface area contributed by atoms with Crippen LogP contribution in [0.25, 0.3) is 11.3 Å². The minimum absolute atomic E-state index is 1.22. The summed E-state index contributed by atoms with van der Waals surface area (Å²) in [6.07, 6.45) is 3.13. The van der Waals surface area contributed by atoms with Crippen LogP contribution in [0.2, 0.25) is 0 Å². The zero-order valence-corrected chi connectivity index (χ0v) is 8.83. The standard InChI is InChI=1S/C13H14N/c1-10-6-7-12(11(2)9-10)13-5-4-8-14(13)3/h4-7,9H,1-3H3. The van der Waals surface area contributed by atoms with Crippen molar-refractivity contribution in [1.29, 1.82) is 0 Å². The Morgan fingerprint density at radius 1 is 1.14 bits per heavy atom. The molecule has 1 aromatic heterocycles. The summed E-state index contributed by atoms with van der Waals surface area (Å²) < 4.78 is 2.03. The lowest BCUT2D eigenvalue weighted by atomic mass is 10.0. The predicted molar refractivity (Wildman–Crippen MR) is 59.2 cm³/mol. The molecule has 0 aliphatic rings. The second kappa shape index (κ2) is 3.33. The second-order valence-electron chi connectivity index (χ2n) is 3.73. The maximum absolute atomic E-state index is 3.13. The molecule has 0 amide bonds. The summed E-state index contributed by atoms with van der Waals surface area (Å²) in [7, 11) is 2.02. The van der Waals surface area contributed by atoms with Crippen molar-refractivity contribution in [2.24, 2.45) is 7.05 Å². The monoisotopic (exact) mass is 184 g/mol. The van der Waals surface area contributed by atoms with E-state index < -0.39 is 0 Å². The summed E-state index contributed by atoms with van der Waals surface area (Å²) in [4.78, 5) is 0. The summed E-state index contributed by atoms with van der Waals surface area (Å²) in [5.74, 6) is 0. The van der Waals surface area contributed by atoms with E-state index in [9.17, 15) is 0 Å². The molecule has 1 heteroatoms. The lowest BCUT2D eigenvalue weighted by Crippen LogP contribution is -1.92. The first-order chi connectivity index (χ1) is 6.68. The van der Waals surface area contributed by atoms with Gasteiger partial charge in [0.05, 0.1) is 6.20 Å². The summed E-state index contributed by atoms with van der Waals surface area (Å²) in [6.45, 7) is 4.27. The SMILES string of the molecule is Cc1ccc(-c2cc[c]n2C)c(C)c1. The molecule has 0 bridgehead atoms. The number of rotatable bonds is 1. The Morgan fingerprint density at radius 2 is 1.93 bits per heavy atom. The minimum Gasteiger partial charge on any atom is -0.342 e. The van der Waals surface area contributed by atoms with Gasteiger partial charge in [-0.15, -0.1) is 0 Å². The van der Waals surface area contributed by atoms with E-state index in [2.05, 4.69) is 44.3 Å². The maximum atomic E-state index is 3.13. The summed E-state index contributed by atoms with van der Waals surface area (Å²) in [5.41, 5.74) is 5.14. The van der Waals surface area contributed by atoms with E-state index >= 15 is 0 Å². The molecule has 0 unspecified atom stereocenters. The van der Waals surface area contributed by atoms with Gasteiger partial charge in [-0.25, -0.2) is 0 Å². The van der Waals surface area contributed by atoms with Gasteiger partial charge in [-0.3, -0.25) is 0 Å². The van der Waals surface area contributed by atoms with Crippen LogP contribution >= 0.6 is 0 Å². The van der Waals surface area contributed by atoms with Gasteiger partial charge >= 0.3 is 0 Å². The third-order valence-electron chi connectivity index (χ3n) is 2.53. The predicted octanol–water partition coefficient (Wildman–Crippen LogP) is 3.11. The fourth-order valence-corrected chi connectivity index (χ4v) is 1.78. The zero-order valence-electron chi connectivity index (χ0n) is 8.83. The molecule has 0 atom stereocenters. The molecule has 1 aromatic carbocycles. The van der Waals surface area contributed by atoms with Crippen LogP contribution in [0.3, 0.4) is 0 Å². The van der Waals surface area contributed by atoms with E-state index in [4.69, 9.17) is 0 Å². The van der Waals surface area contributed by atoms with Crippen LogP contribution in [0.4, 0.5) is 0 Å². The third kappa shape index (κ3) is 1.46. The van der Waals surface area contributed by atoms with Crippen molar-refractivity contribution in [2.45, 2.75) is 13.8 Å². The lowest BCUT2D eigenvalue weighted by Gasteiger charge is -2.07. The first-order valence-corrected chi connectivity index (χ1v) is 4.79. The van der Waals surface area contributed by atoms with E-state index in [-0.39, 0.29) is 0 Å². The molecule has 0 aliphatic heterocycles. The van der Waals surface area contributed by atoms with Crippen molar-refractivity contribution in [1.82, 2.24) is 4.57 Å². The molecule has 71 valence electrons. The molecule has 0 aliphatic carbocycles. The molecule has 2 rings (SSSR count). The van der Waals surface area contributed by atoms with Gasteiger partial charge in [0.15, 0.2) is 0 Å². The van der Waals surface area contributed by atoms with E-state index in [1.165, 1.54) is 22.4 Å². The topological polar surface area (TPSA) is 4.93 Å². The minimum atomic E-state index is 1.22. The van der Waals surface area contributed by atoms with Gasteiger partial charge in [0.25, 0.3) is 0 Å². The van der Waals surface area contributed by atoms with Crippen LogP contribution in [0.1, 0.15) is 11.1 Å². The lowest BCUT2D eigenvalue weighted by molar-refractivity contribution is 0.927. The number of hydrogen-bond donors (Lipinski definition) is 0. The van der Waals surface area contributed by atoms with Gasteiger partial charge in [-0.1, -0.05) is 23.8 Å². The van der Waals surface area contributed by atoms with Gasteiger partial charge in [-0.05, 0) is 31.5 Å². The molecule has 0 saturated carbocycles. The molecule has 1 nitrogen and oxygen atoms in total.